The Morgan fingerprint density at radius 1 is 1.39 bits per heavy atom. The Hall–Kier alpha value is -1.57. The van der Waals surface area contributed by atoms with E-state index in [4.69, 9.17) is 16.3 Å². The van der Waals surface area contributed by atoms with E-state index >= 15 is 0 Å². The van der Waals surface area contributed by atoms with Gasteiger partial charge in [0.1, 0.15) is 5.82 Å². The van der Waals surface area contributed by atoms with Gasteiger partial charge in [0.25, 0.3) is 0 Å². The van der Waals surface area contributed by atoms with Crippen molar-refractivity contribution in [1.82, 2.24) is 15.0 Å². The predicted octanol–water partition coefficient (Wildman–Crippen LogP) is 2.06. The minimum atomic E-state index is -1.20. The number of nitrogens with zero attached hydrogens (tertiary/aromatic N) is 4. The number of anilines is 1. The third-order valence-electron chi connectivity index (χ3n) is 3.59. The van der Waals surface area contributed by atoms with E-state index in [0.717, 1.165) is 17.3 Å². The molecular formula is C15H17ClN4O2S. The molecule has 0 spiro atoms. The van der Waals surface area contributed by atoms with Crippen LogP contribution >= 0.6 is 11.6 Å². The van der Waals surface area contributed by atoms with Crippen molar-refractivity contribution < 1.29 is 8.95 Å². The lowest BCUT2D eigenvalue weighted by Gasteiger charge is -2.34. The van der Waals surface area contributed by atoms with Crippen LogP contribution in [0.4, 0.5) is 5.82 Å². The van der Waals surface area contributed by atoms with Crippen molar-refractivity contribution in [2.45, 2.75) is 23.6 Å². The lowest BCUT2D eigenvalue weighted by atomic mass is 10.2. The second kappa shape index (κ2) is 7.33. The van der Waals surface area contributed by atoms with E-state index in [2.05, 4.69) is 26.8 Å². The van der Waals surface area contributed by atoms with E-state index in [-0.39, 0.29) is 17.1 Å². The topological polar surface area (TPSA) is 68.2 Å². The first kappa shape index (κ1) is 16.3. The lowest BCUT2D eigenvalue weighted by molar-refractivity contribution is 0.0985. The van der Waals surface area contributed by atoms with Gasteiger partial charge >= 0.3 is 0 Å². The van der Waals surface area contributed by atoms with Gasteiger partial charge in [-0.1, -0.05) is 0 Å². The summed E-state index contributed by atoms with van der Waals surface area (Å²) in [5.74, 6) is 1.04. The second-order valence-electron chi connectivity index (χ2n) is 5.28. The summed E-state index contributed by atoms with van der Waals surface area (Å²) in [5, 5.41) is 0.169. The fourth-order valence-electron chi connectivity index (χ4n) is 2.45. The summed E-state index contributed by atoms with van der Waals surface area (Å²) in [6.07, 6.45) is 3.25. The maximum Gasteiger partial charge on any atom is 0.224 e. The van der Waals surface area contributed by atoms with Crippen LogP contribution in [0.5, 0.6) is 0 Å². The molecular weight excluding hydrogens is 336 g/mol. The van der Waals surface area contributed by atoms with Crippen molar-refractivity contribution in [1.29, 1.82) is 0 Å². The van der Waals surface area contributed by atoms with E-state index in [1.54, 1.807) is 24.5 Å². The summed E-state index contributed by atoms with van der Waals surface area (Å²) in [4.78, 5) is 15.3. The quantitative estimate of drug-likeness (QED) is 0.784. The Morgan fingerprint density at radius 2 is 2.17 bits per heavy atom. The molecule has 1 aliphatic rings. The molecule has 0 aliphatic carbocycles. The van der Waals surface area contributed by atoms with Crippen LogP contribution in [0.25, 0.3) is 0 Å². The molecule has 1 fully saturated rings. The smallest absolute Gasteiger partial charge is 0.224 e. The highest BCUT2D eigenvalue weighted by molar-refractivity contribution is 7.84. The van der Waals surface area contributed by atoms with Crippen molar-refractivity contribution in [3.8, 4) is 0 Å². The zero-order valence-corrected chi connectivity index (χ0v) is 14.3. The summed E-state index contributed by atoms with van der Waals surface area (Å²) in [7, 11) is -1.20. The van der Waals surface area contributed by atoms with Gasteiger partial charge in [0.2, 0.25) is 5.28 Å². The van der Waals surface area contributed by atoms with Crippen LogP contribution in [0.1, 0.15) is 12.6 Å². The standard InChI is InChI=1S/C15H17ClN4O2S/c1-11-9-22-7-6-20(11)14-8-12(18-15(16)19-14)10-23(21)13-2-4-17-5-3-13/h2-5,8,11H,6-7,9-10H2,1H3. The Labute approximate surface area is 142 Å². The van der Waals surface area contributed by atoms with Crippen molar-refractivity contribution in [3.05, 3.63) is 41.6 Å². The molecule has 1 saturated heterocycles. The van der Waals surface area contributed by atoms with Gasteiger partial charge < -0.3 is 9.64 Å². The fourth-order valence-corrected chi connectivity index (χ4v) is 3.65. The number of aromatic nitrogens is 3. The molecule has 3 heterocycles. The van der Waals surface area contributed by atoms with Gasteiger partial charge in [-0.25, -0.2) is 9.97 Å². The van der Waals surface area contributed by atoms with Crippen LogP contribution in [-0.4, -0.2) is 45.0 Å². The van der Waals surface area contributed by atoms with Gasteiger partial charge in [0.15, 0.2) is 0 Å². The molecule has 8 heteroatoms. The van der Waals surface area contributed by atoms with E-state index in [1.165, 1.54) is 0 Å². The van der Waals surface area contributed by atoms with E-state index < -0.39 is 10.8 Å². The van der Waals surface area contributed by atoms with E-state index in [9.17, 15) is 4.21 Å². The summed E-state index contributed by atoms with van der Waals surface area (Å²) >= 11 is 6.06. The van der Waals surface area contributed by atoms with Crippen LogP contribution in [0.15, 0.2) is 35.5 Å². The minimum absolute atomic E-state index is 0.169. The van der Waals surface area contributed by atoms with Gasteiger partial charge in [-0.05, 0) is 30.7 Å². The van der Waals surface area contributed by atoms with Crippen molar-refractivity contribution in [3.63, 3.8) is 0 Å². The minimum Gasteiger partial charge on any atom is -0.377 e. The number of morpholine rings is 1. The Bertz CT molecular complexity index is 701. The number of pyridine rings is 1. The molecule has 2 atom stereocenters. The molecule has 122 valence electrons. The molecule has 0 amide bonds. The molecule has 3 rings (SSSR count). The summed E-state index contributed by atoms with van der Waals surface area (Å²) < 4.78 is 17.9. The zero-order chi connectivity index (χ0) is 16.2. The highest BCUT2D eigenvalue weighted by Crippen LogP contribution is 2.21. The molecule has 2 unspecified atom stereocenters. The zero-order valence-electron chi connectivity index (χ0n) is 12.7. The lowest BCUT2D eigenvalue weighted by Crippen LogP contribution is -2.44. The highest BCUT2D eigenvalue weighted by Gasteiger charge is 2.21. The fraction of sp³-hybridized carbons (Fsp3) is 0.400. The van der Waals surface area contributed by atoms with E-state index in [0.29, 0.717) is 18.9 Å². The van der Waals surface area contributed by atoms with Crippen molar-refractivity contribution in [2.75, 3.05) is 24.7 Å². The Morgan fingerprint density at radius 3 is 2.91 bits per heavy atom. The SMILES string of the molecule is CC1COCCN1c1cc(CS(=O)c2ccncc2)nc(Cl)n1. The van der Waals surface area contributed by atoms with Crippen LogP contribution in [0, 0.1) is 0 Å². The Kier molecular flexibility index (Phi) is 5.20. The molecule has 2 aromatic rings. The van der Waals surface area contributed by atoms with Gasteiger partial charge in [-0.3, -0.25) is 9.19 Å². The highest BCUT2D eigenvalue weighted by atomic mass is 35.5. The summed E-state index contributed by atoms with van der Waals surface area (Å²) in [5.41, 5.74) is 0.661. The van der Waals surface area contributed by atoms with Crippen LogP contribution in [-0.2, 0) is 21.3 Å². The number of hydrogen-bond acceptors (Lipinski definition) is 6. The monoisotopic (exact) mass is 352 g/mol. The maximum atomic E-state index is 12.4. The van der Waals surface area contributed by atoms with Crippen LogP contribution in [0.3, 0.4) is 0 Å². The molecule has 0 N–H and O–H groups in total. The second-order valence-corrected chi connectivity index (χ2v) is 7.07. The number of halogens is 1. The first-order chi connectivity index (χ1) is 11.1. The molecule has 0 radical (unpaired) electrons. The van der Waals surface area contributed by atoms with Crippen molar-refractivity contribution in [2.24, 2.45) is 0 Å². The van der Waals surface area contributed by atoms with Gasteiger partial charge in [0.05, 0.1) is 41.5 Å². The molecule has 0 bridgehead atoms. The third-order valence-corrected chi connectivity index (χ3v) is 5.12. The molecule has 0 saturated carbocycles. The van der Waals surface area contributed by atoms with Crippen LogP contribution in [0.2, 0.25) is 5.28 Å². The molecule has 23 heavy (non-hydrogen) atoms. The number of ether oxygens (including phenoxy) is 1. The maximum absolute atomic E-state index is 12.4. The normalized spacial score (nSPS) is 19.6. The largest absolute Gasteiger partial charge is 0.377 e. The van der Waals surface area contributed by atoms with Gasteiger partial charge in [0, 0.05) is 29.9 Å². The molecule has 0 aromatic carbocycles. The summed E-state index contributed by atoms with van der Waals surface area (Å²) in [6, 6.07) is 5.55. The van der Waals surface area contributed by atoms with Gasteiger partial charge in [-0.2, -0.15) is 0 Å². The van der Waals surface area contributed by atoms with Gasteiger partial charge in [-0.15, -0.1) is 0 Å². The first-order valence-electron chi connectivity index (χ1n) is 7.30. The van der Waals surface area contributed by atoms with Crippen molar-refractivity contribution >= 4 is 28.2 Å². The molecule has 6 nitrogen and oxygen atoms in total. The van der Waals surface area contributed by atoms with Crippen LogP contribution < -0.4 is 4.90 Å². The molecule has 2 aromatic heterocycles. The number of hydrogen-bond donors (Lipinski definition) is 0. The van der Waals surface area contributed by atoms with E-state index in [1.807, 2.05) is 6.07 Å². The third kappa shape index (κ3) is 4.04. The Balaban J connectivity index is 1.81. The predicted molar refractivity (Wildman–Crippen MR) is 89.0 cm³/mol. The average Bonchev–Trinajstić information content (AvgIpc) is 2.55. The first-order valence-corrected chi connectivity index (χ1v) is 8.99. The molecule has 1 aliphatic heterocycles. The summed E-state index contributed by atoms with van der Waals surface area (Å²) in [6.45, 7) is 4.13. The average molecular weight is 353 g/mol. The number of rotatable bonds is 4.